The number of benzene rings is 1. The van der Waals surface area contributed by atoms with E-state index in [0.717, 1.165) is 18.8 Å². The molecule has 1 N–H and O–H groups in total. The van der Waals surface area contributed by atoms with Crippen molar-refractivity contribution in [1.29, 1.82) is 0 Å². The van der Waals surface area contributed by atoms with Gasteiger partial charge in [-0.1, -0.05) is 0 Å². The number of carbonyl (C=O) groups is 1. The Bertz CT molecular complexity index is 844. The lowest BCUT2D eigenvalue weighted by molar-refractivity contribution is -0.385. The number of rotatable bonds is 5. The van der Waals surface area contributed by atoms with E-state index >= 15 is 0 Å². The van der Waals surface area contributed by atoms with Crippen LogP contribution in [0.25, 0.3) is 0 Å². The minimum atomic E-state index is -0.461. The standard InChI is InChI=1S/C18H22N4O4S/c1-11-6-14(4-5-16(11)22(24)25)17(23)20-18-19-15(10-27-18)9-21-7-12(2)26-13(3)8-21/h4-6,10,12-13H,7-9H2,1-3H3,(H,19,20,23)/t12-,13-/m0/s1. The Balaban J connectivity index is 1.62. The van der Waals surface area contributed by atoms with E-state index < -0.39 is 4.92 Å². The van der Waals surface area contributed by atoms with E-state index in [9.17, 15) is 14.9 Å². The number of aromatic nitrogens is 1. The lowest BCUT2D eigenvalue weighted by atomic mass is 10.1. The summed E-state index contributed by atoms with van der Waals surface area (Å²) in [6.45, 7) is 8.14. The van der Waals surface area contributed by atoms with Gasteiger partial charge in [0.15, 0.2) is 5.13 Å². The zero-order valence-corrected chi connectivity index (χ0v) is 16.3. The number of nitrogens with zero attached hydrogens (tertiary/aromatic N) is 3. The van der Waals surface area contributed by atoms with Gasteiger partial charge in [0.05, 0.1) is 22.8 Å². The number of nitrogens with one attached hydrogen (secondary N) is 1. The van der Waals surface area contributed by atoms with Gasteiger partial charge in [0.2, 0.25) is 0 Å². The Morgan fingerprint density at radius 3 is 2.74 bits per heavy atom. The minimum Gasteiger partial charge on any atom is -0.373 e. The molecule has 0 bridgehead atoms. The largest absolute Gasteiger partial charge is 0.373 e. The Morgan fingerprint density at radius 1 is 1.41 bits per heavy atom. The van der Waals surface area contributed by atoms with E-state index in [0.29, 0.717) is 22.8 Å². The summed E-state index contributed by atoms with van der Waals surface area (Å²) in [4.78, 5) is 29.6. The highest BCUT2D eigenvalue weighted by atomic mass is 32.1. The molecular weight excluding hydrogens is 368 g/mol. The molecule has 2 aromatic rings. The van der Waals surface area contributed by atoms with E-state index in [1.54, 1.807) is 6.92 Å². The molecule has 1 aliphatic rings. The van der Waals surface area contributed by atoms with Crippen LogP contribution in [0.1, 0.15) is 35.5 Å². The number of carbonyl (C=O) groups excluding carboxylic acids is 1. The second kappa shape index (κ2) is 8.12. The number of anilines is 1. The lowest BCUT2D eigenvalue weighted by Gasteiger charge is -2.34. The molecule has 0 aliphatic carbocycles. The van der Waals surface area contributed by atoms with Crippen LogP contribution in [0.4, 0.5) is 10.8 Å². The Kier molecular flexibility index (Phi) is 5.83. The van der Waals surface area contributed by atoms with Crippen molar-refractivity contribution in [3.05, 3.63) is 50.5 Å². The molecule has 0 unspecified atom stereocenters. The van der Waals surface area contributed by atoms with Gasteiger partial charge in [-0.2, -0.15) is 0 Å². The first kappa shape index (κ1) is 19.4. The summed E-state index contributed by atoms with van der Waals surface area (Å²) >= 11 is 1.37. The van der Waals surface area contributed by atoms with E-state index in [1.165, 1.54) is 29.5 Å². The highest BCUT2D eigenvalue weighted by Crippen LogP contribution is 2.22. The van der Waals surface area contributed by atoms with Crippen LogP contribution in [0.3, 0.4) is 0 Å². The van der Waals surface area contributed by atoms with Crippen LogP contribution in [0.5, 0.6) is 0 Å². The average Bonchev–Trinajstić information content (AvgIpc) is 3.00. The van der Waals surface area contributed by atoms with Gasteiger partial charge in [-0.15, -0.1) is 11.3 Å². The molecule has 1 aromatic carbocycles. The summed E-state index contributed by atoms with van der Waals surface area (Å²) in [6, 6.07) is 4.31. The molecule has 1 amide bonds. The molecule has 2 heterocycles. The van der Waals surface area contributed by atoms with E-state index in [4.69, 9.17) is 4.74 Å². The first-order chi connectivity index (χ1) is 12.8. The number of nitro benzene ring substituents is 1. The molecule has 2 atom stereocenters. The third-order valence-electron chi connectivity index (χ3n) is 4.31. The van der Waals surface area contributed by atoms with E-state index in [-0.39, 0.29) is 23.8 Å². The summed E-state index contributed by atoms with van der Waals surface area (Å²) in [5, 5.41) is 16.1. The van der Waals surface area contributed by atoms with Crippen LogP contribution in [0.15, 0.2) is 23.6 Å². The van der Waals surface area contributed by atoms with Crippen molar-refractivity contribution in [2.24, 2.45) is 0 Å². The van der Waals surface area contributed by atoms with Crippen molar-refractivity contribution in [2.75, 3.05) is 18.4 Å². The van der Waals surface area contributed by atoms with Crippen molar-refractivity contribution in [3.63, 3.8) is 0 Å². The van der Waals surface area contributed by atoms with Gasteiger partial charge in [0.1, 0.15) is 0 Å². The van der Waals surface area contributed by atoms with Crippen molar-refractivity contribution in [2.45, 2.75) is 39.5 Å². The van der Waals surface area contributed by atoms with Gasteiger partial charge in [-0.3, -0.25) is 25.1 Å². The fraction of sp³-hybridized carbons (Fsp3) is 0.444. The van der Waals surface area contributed by atoms with Gasteiger partial charge >= 0.3 is 0 Å². The van der Waals surface area contributed by atoms with Crippen molar-refractivity contribution >= 4 is 28.1 Å². The maximum Gasteiger partial charge on any atom is 0.272 e. The summed E-state index contributed by atoms with van der Waals surface area (Å²) in [5.74, 6) is -0.331. The minimum absolute atomic E-state index is 0.00273. The average molecular weight is 390 g/mol. The van der Waals surface area contributed by atoms with Gasteiger partial charge in [-0.05, 0) is 32.9 Å². The Hall–Kier alpha value is -2.36. The van der Waals surface area contributed by atoms with Crippen LogP contribution < -0.4 is 5.32 Å². The molecule has 0 spiro atoms. The zero-order chi connectivity index (χ0) is 19.6. The van der Waals surface area contributed by atoms with Crippen LogP contribution in [-0.2, 0) is 11.3 Å². The molecular formula is C18H22N4O4S. The van der Waals surface area contributed by atoms with Crippen molar-refractivity contribution in [3.8, 4) is 0 Å². The number of aryl methyl sites for hydroxylation is 1. The highest BCUT2D eigenvalue weighted by molar-refractivity contribution is 7.13. The maximum atomic E-state index is 12.4. The molecule has 3 rings (SSSR count). The number of morpholine rings is 1. The number of ether oxygens (including phenoxy) is 1. The predicted octanol–water partition coefficient (Wildman–Crippen LogP) is 3.22. The van der Waals surface area contributed by atoms with Gasteiger partial charge < -0.3 is 4.74 Å². The molecule has 1 saturated heterocycles. The highest BCUT2D eigenvalue weighted by Gasteiger charge is 2.23. The molecule has 1 fully saturated rings. The number of hydrogen-bond donors (Lipinski definition) is 1. The van der Waals surface area contributed by atoms with Gasteiger partial charge in [0, 0.05) is 42.2 Å². The summed E-state index contributed by atoms with van der Waals surface area (Å²) in [5.41, 5.74) is 1.71. The lowest BCUT2D eigenvalue weighted by Crippen LogP contribution is -2.44. The number of nitro groups is 1. The third-order valence-corrected chi connectivity index (χ3v) is 5.12. The molecule has 27 heavy (non-hydrogen) atoms. The monoisotopic (exact) mass is 390 g/mol. The fourth-order valence-corrected chi connectivity index (χ4v) is 3.95. The quantitative estimate of drug-likeness (QED) is 0.622. The molecule has 0 saturated carbocycles. The topological polar surface area (TPSA) is 97.6 Å². The summed E-state index contributed by atoms with van der Waals surface area (Å²) in [6.07, 6.45) is 0.383. The smallest absolute Gasteiger partial charge is 0.272 e. The molecule has 0 radical (unpaired) electrons. The fourth-order valence-electron chi connectivity index (χ4n) is 3.25. The van der Waals surface area contributed by atoms with Gasteiger partial charge in [-0.25, -0.2) is 4.98 Å². The summed E-state index contributed by atoms with van der Waals surface area (Å²) in [7, 11) is 0. The van der Waals surface area contributed by atoms with Crippen LogP contribution in [0.2, 0.25) is 0 Å². The first-order valence-electron chi connectivity index (χ1n) is 8.70. The zero-order valence-electron chi connectivity index (χ0n) is 15.5. The molecule has 144 valence electrons. The first-order valence-corrected chi connectivity index (χ1v) is 9.58. The second-order valence-electron chi connectivity index (χ2n) is 6.81. The van der Waals surface area contributed by atoms with Crippen LogP contribution in [-0.4, -0.2) is 46.0 Å². The number of hydrogen-bond acceptors (Lipinski definition) is 7. The third kappa shape index (κ3) is 4.88. The van der Waals surface area contributed by atoms with Crippen LogP contribution >= 0.6 is 11.3 Å². The van der Waals surface area contributed by atoms with Gasteiger partial charge in [0.25, 0.3) is 11.6 Å². The SMILES string of the molecule is Cc1cc(C(=O)Nc2nc(CN3C[C@H](C)O[C@@H](C)C3)cs2)ccc1[N+](=O)[O-]. The maximum absolute atomic E-state index is 12.4. The molecule has 8 nitrogen and oxygen atoms in total. The van der Waals surface area contributed by atoms with Crippen molar-refractivity contribution < 1.29 is 14.5 Å². The second-order valence-corrected chi connectivity index (χ2v) is 7.67. The predicted molar refractivity (Wildman–Crippen MR) is 103 cm³/mol. The molecule has 1 aliphatic heterocycles. The normalized spacial score (nSPS) is 20.4. The van der Waals surface area contributed by atoms with Crippen molar-refractivity contribution in [1.82, 2.24) is 9.88 Å². The summed E-state index contributed by atoms with van der Waals surface area (Å²) < 4.78 is 5.74. The van der Waals surface area contributed by atoms with E-state index in [1.807, 2.05) is 5.38 Å². The Labute approximate surface area is 161 Å². The molecule has 1 aromatic heterocycles. The number of thiazole rings is 1. The van der Waals surface area contributed by atoms with Crippen LogP contribution in [0, 0.1) is 17.0 Å². The number of amides is 1. The van der Waals surface area contributed by atoms with E-state index in [2.05, 4.69) is 29.0 Å². The molecule has 9 heteroatoms. The Morgan fingerprint density at radius 2 is 2.11 bits per heavy atom.